The summed E-state index contributed by atoms with van der Waals surface area (Å²) in [6.07, 6.45) is 1.54. The van der Waals surface area contributed by atoms with Gasteiger partial charge in [0.25, 0.3) is 0 Å². The third-order valence-corrected chi connectivity index (χ3v) is 1.21. The molecule has 4 heteroatoms. The van der Waals surface area contributed by atoms with Crippen molar-refractivity contribution in [3.05, 3.63) is 17.4 Å². The van der Waals surface area contributed by atoms with Crippen molar-refractivity contribution < 1.29 is 4.74 Å². The highest BCUT2D eigenvalue weighted by Gasteiger charge is 2.11. The van der Waals surface area contributed by atoms with Crippen LogP contribution in [0.3, 0.4) is 0 Å². The molecule has 1 heterocycles. The van der Waals surface area contributed by atoms with Crippen LogP contribution in [0.15, 0.2) is 12.3 Å². The van der Waals surface area contributed by atoms with Gasteiger partial charge < -0.3 is 4.74 Å². The summed E-state index contributed by atoms with van der Waals surface area (Å²) in [5.41, 5.74) is -0.230. The van der Waals surface area contributed by atoms with Gasteiger partial charge in [0.05, 0.1) is 6.20 Å². The molecule has 0 aliphatic heterocycles. The van der Waals surface area contributed by atoms with Crippen LogP contribution in [0.25, 0.3) is 0 Å². The fourth-order valence-corrected chi connectivity index (χ4v) is 0.885. The number of aromatic nitrogens is 2. The molecule has 0 aromatic carbocycles. The molecule has 1 aromatic rings. The lowest BCUT2D eigenvalue weighted by atomic mass is 10.2. The fourth-order valence-electron chi connectivity index (χ4n) is 0.734. The summed E-state index contributed by atoms with van der Waals surface area (Å²) < 4.78 is 5.50. The van der Waals surface area contributed by atoms with E-state index in [4.69, 9.17) is 16.3 Å². The van der Waals surface area contributed by atoms with Crippen molar-refractivity contribution in [3.8, 4) is 5.75 Å². The molecule has 66 valence electrons. The predicted molar refractivity (Wildman–Crippen MR) is 47.4 cm³/mol. The molecule has 0 aliphatic rings. The number of rotatable bonds is 1. The van der Waals surface area contributed by atoms with Gasteiger partial charge in [-0.25, -0.2) is 0 Å². The Morgan fingerprint density at radius 3 is 2.58 bits per heavy atom. The van der Waals surface area contributed by atoms with E-state index < -0.39 is 0 Å². The van der Waals surface area contributed by atoms with Crippen molar-refractivity contribution in [1.82, 2.24) is 10.2 Å². The second kappa shape index (κ2) is 3.27. The molecule has 0 fully saturated rings. The highest BCUT2D eigenvalue weighted by Crippen LogP contribution is 2.18. The average Bonchev–Trinajstić information content (AvgIpc) is 1.82. The van der Waals surface area contributed by atoms with E-state index in [1.165, 1.54) is 6.20 Å². The monoisotopic (exact) mass is 186 g/mol. The standard InChI is InChI=1S/C8H11ClN2O/c1-8(2,3)12-6-4-7(9)11-10-5-6/h4-5H,1-3H3. The molecule has 0 unspecified atom stereocenters. The van der Waals surface area contributed by atoms with Gasteiger partial charge in [-0.2, -0.15) is 5.10 Å². The SMILES string of the molecule is CC(C)(C)Oc1cnnc(Cl)c1. The number of hydrogen-bond acceptors (Lipinski definition) is 3. The molecule has 0 saturated heterocycles. The molecular formula is C8H11ClN2O. The smallest absolute Gasteiger partial charge is 0.155 e. The second-order valence-electron chi connectivity index (χ2n) is 3.43. The first-order chi connectivity index (χ1) is 5.47. The Labute approximate surface area is 76.7 Å². The van der Waals surface area contributed by atoms with Crippen molar-refractivity contribution in [1.29, 1.82) is 0 Å². The van der Waals surface area contributed by atoms with E-state index in [2.05, 4.69) is 10.2 Å². The zero-order valence-corrected chi connectivity index (χ0v) is 8.09. The molecule has 0 spiro atoms. The predicted octanol–water partition coefficient (Wildman–Crippen LogP) is 2.31. The van der Waals surface area contributed by atoms with E-state index in [0.717, 1.165) is 0 Å². The van der Waals surface area contributed by atoms with Crippen LogP contribution in [-0.2, 0) is 0 Å². The van der Waals surface area contributed by atoms with Crippen LogP contribution >= 0.6 is 11.6 Å². The Morgan fingerprint density at radius 1 is 1.42 bits per heavy atom. The average molecular weight is 187 g/mol. The highest BCUT2D eigenvalue weighted by atomic mass is 35.5. The van der Waals surface area contributed by atoms with Crippen LogP contribution in [-0.4, -0.2) is 15.8 Å². The van der Waals surface area contributed by atoms with Gasteiger partial charge in [0.15, 0.2) is 5.15 Å². The lowest BCUT2D eigenvalue weighted by Gasteiger charge is -2.20. The zero-order valence-electron chi connectivity index (χ0n) is 7.34. The van der Waals surface area contributed by atoms with Crippen LogP contribution in [0.4, 0.5) is 0 Å². The van der Waals surface area contributed by atoms with Crippen molar-refractivity contribution in [2.24, 2.45) is 0 Å². The van der Waals surface area contributed by atoms with Crippen molar-refractivity contribution in [2.45, 2.75) is 26.4 Å². The van der Waals surface area contributed by atoms with Crippen molar-refractivity contribution in [2.75, 3.05) is 0 Å². The van der Waals surface area contributed by atoms with Crippen molar-refractivity contribution in [3.63, 3.8) is 0 Å². The maximum absolute atomic E-state index is 5.62. The summed E-state index contributed by atoms with van der Waals surface area (Å²) in [7, 11) is 0. The molecule has 0 amide bonds. The summed E-state index contributed by atoms with van der Waals surface area (Å²) in [6, 6.07) is 1.64. The maximum Gasteiger partial charge on any atom is 0.155 e. The van der Waals surface area contributed by atoms with Gasteiger partial charge in [-0.3, -0.25) is 0 Å². The summed E-state index contributed by atoms with van der Waals surface area (Å²) in [5.74, 6) is 0.641. The highest BCUT2D eigenvalue weighted by molar-refractivity contribution is 6.29. The van der Waals surface area contributed by atoms with Gasteiger partial charge in [-0.15, -0.1) is 5.10 Å². The number of nitrogens with zero attached hydrogens (tertiary/aromatic N) is 2. The Hall–Kier alpha value is -0.830. The van der Waals surface area contributed by atoms with E-state index in [1.54, 1.807) is 6.07 Å². The van der Waals surface area contributed by atoms with Crippen LogP contribution in [0.5, 0.6) is 5.75 Å². The first kappa shape index (κ1) is 9.26. The summed E-state index contributed by atoms with van der Waals surface area (Å²) in [6.45, 7) is 5.88. The number of ether oxygens (including phenoxy) is 1. The molecule has 0 bridgehead atoms. The first-order valence-electron chi connectivity index (χ1n) is 3.65. The van der Waals surface area contributed by atoms with E-state index in [1.807, 2.05) is 20.8 Å². The molecule has 0 radical (unpaired) electrons. The number of hydrogen-bond donors (Lipinski definition) is 0. The zero-order chi connectivity index (χ0) is 9.19. The Kier molecular flexibility index (Phi) is 2.52. The molecule has 12 heavy (non-hydrogen) atoms. The van der Waals surface area contributed by atoms with Gasteiger partial charge in [0.2, 0.25) is 0 Å². The van der Waals surface area contributed by atoms with E-state index in [9.17, 15) is 0 Å². The van der Waals surface area contributed by atoms with E-state index in [-0.39, 0.29) is 5.60 Å². The number of halogens is 1. The molecule has 0 N–H and O–H groups in total. The molecular weight excluding hydrogens is 176 g/mol. The molecule has 1 rings (SSSR count). The lowest BCUT2D eigenvalue weighted by molar-refractivity contribution is 0.130. The van der Waals surface area contributed by atoms with Gasteiger partial charge >= 0.3 is 0 Å². The van der Waals surface area contributed by atoms with Crippen LogP contribution in [0, 0.1) is 0 Å². The van der Waals surface area contributed by atoms with Crippen molar-refractivity contribution >= 4 is 11.6 Å². The van der Waals surface area contributed by atoms with Gasteiger partial charge in [0.1, 0.15) is 11.4 Å². The quantitative estimate of drug-likeness (QED) is 0.675. The summed E-state index contributed by atoms with van der Waals surface area (Å²) in [5, 5.41) is 7.61. The van der Waals surface area contributed by atoms with Crippen LogP contribution in [0.2, 0.25) is 5.15 Å². The minimum Gasteiger partial charge on any atom is -0.486 e. The third kappa shape index (κ3) is 3.05. The summed E-state index contributed by atoms with van der Waals surface area (Å²) in [4.78, 5) is 0. The molecule has 0 atom stereocenters. The van der Waals surface area contributed by atoms with Gasteiger partial charge in [-0.1, -0.05) is 11.6 Å². The minimum absolute atomic E-state index is 0.230. The van der Waals surface area contributed by atoms with Crippen LogP contribution in [0.1, 0.15) is 20.8 Å². The minimum atomic E-state index is -0.230. The summed E-state index contributed by atoms with van der Waals surface area (Å²) >= 11 is 5.62. The lowest BCUT2D eigenvalue weighted by Crippen LogP contribution is -2.23. The van der Waals surface area contributed by atoms with Gasteiger partial charge in [0, 0.05) is 6.07 Å². The Morgan fingerprint density at radius 2 is 2.08 bits per heavy atom. The molecule has 1 aromatic heterocycles. The maximum atomic E-state index is 5.62. The topological polar surface area (TPSA) is 35.0 Å². The normalized spacial score (nSPS) is 11.3. The third-order valence-electron chi connectivity index (χ3n) is 1.02. The first-order valence-corrected chi connectivity index (χ1v) is 4.02. The van der Waals surface area contributed by atoms with E-state index >= 15 is 0 Å². The van der Waals surface area contributed by atoms with Gasteiger partial charge in [-0.05, 0) is 20.8 Å². The largest absolute Gasteiger partial charge is 0.486 e. The molecule has 3 nitrogen and oxygen atoms in total. The molecule has 0 saturated carbocycles. The Bertz CT molecular complexity index is 270. The molecule has 0 aliphatic carbocycles. The van der Waals surface area contributed by atoms with E-state index in [0.29, 0.717) is 10.9 Å². The Balaban J connectivity index is 2.77. The van der Waals surface area contributed by atoms with Crippen LogP contribution < -0.4 is 4.74 Å². The fraction of sp³-hybridized carbons (Fsp3) is 0.500. The second-order valence-corrected chi connectivity index (χ2v) is 3.82.